The summed E-state index contributed by atoms with van der Waals surface area (Å²) in [4.78, 5) is 0. The molecule has 1 heterocycles. The summed E-state index contributed by atoms with van der Waals surface area (Å²) in [5.74, 6) is 0.248. The summed E-state index contributed by atoms with van der Waals surface area (Å²) in [5, 5.41) is 15.6. The highest BCUT2D eigenvalue weighted by atomic mass is 16.3. The van der Waals surface area contributed by atoms with Crippen molar-refractivity contribution >= 4 is 10.9 Å². The lowest BCUT2D eigenvalue weighted by Crippen LogP contribution is -2.18. The third-order valence-electron chi connectivity index (χ3n) is 3.42. The number of aromatic nitrogens is 2. The van der Waals surface area contributed by atoms with Crippen LogP contribution < -0.4 is 0 Å². The van der Waals surface area contributed by atoms with Gasteiger partial charge >= 0.3 is 0 Å². The third-order valence-corrected chi connectivity index (χ3v) is 3.42. The number of nitrogens with zero attached hydrogens (tertiary/aromatic N) is 2. The molecule has 0 aliphatic rings. The van der Waals surface area contributed by atoms with Gasteiger partial charge in [0.25, 0.3) is 0 Å². The number of rotatable bonds is 4. The summed E-state index contributed by atoms with van der Waals surface area (Å²) < 4.78 is 1.91. The molecular weight excluding hydrogens is 212 g/mol. The van der Waals surface area contributed by atoms with Crippen molar-refractivity contribution in [1.29, 1.82) is 0 Å². The van der Waals surface area contributed by atoms with E-state index in [1.807, 2.05) is 30.8 Å². The van der Waals surface area contributed by atoms with Crippen LogP contribution in [0.3, 0.4) is 0 Å². The Hall–Kier alpha value is -1.35. The number of benzene rings is 1. The van der Waals surface area contributed by atoms with E-state index in [4.69, 9.17) is 0 Å². The van der Waals surface area contributed by atoms with Crippen LogP contribution in [-0.4, -0.2) is 21.0 Å². The van der Waals surface area contributed by atoms with Gasteiger partial charge < -0.3 is 5.11 Å². The second-order valence-electron chi connectivity index (χ2n) is 4.74. The van der Waals surface area contributed by atoms with Crippen LogP contribution in [0.2, 0.25) is 0 Å². The maximum Gasteiger partial charge on any atom is 0.0706 e. The van der Waals surface area contributed by atoms with Crippen molar-refractivity contribution in [2.24, 2.45) is 13.0 Å². The molecule has 0 radical (unpaired) electrons. The molecule has 3 nitrogen and oxygen atoms in total. The maximum atomic E-state index is 9.83. The highest BCUT2D eigenvalue weighted by Crippen LogP contribution is 2.21. The largest absolute Gasteiger partial charge is 0.393 e. The summed E-state index contributed by atoms with van der Waals surface area (Å²) in [6.45, 7) is 4.09. The summed E-state index contributed by atoms with van der Waals surface area (Å²) >= 11 is 0. The molecule has 2 rings (SSSR count). The molecule has 0 aliphatic carbocycles. The van der Waals surface area contributed by atoms with Crippen molar-refractivity contribution in [3.05, 3.63) is 30.0 Å². The van der Waals surface area contributed by atoms with Gasteiger partial charge in [0.1, 0.15) is 0 Å². The molecule has 17 heavy (non-hydrogen) atoms. The second-order valence-corrected chi connectivity index (χ2v) is 4.74. The Kier molecular flexibility index (Phi) is 3.48. The summed E-state index contributed by atoms with van der Waals surface area (Å²) in [5.41, 5.74) is 2.24. The van der Waals surface area contributed by atoms with Crippen molar-refractivity contribution in [1.82, 2.24) is 9.78 Å². The van der Waals surface area contributed by atoms with Crippen LogP contribution in [0.15, 0.2) is 24.3 Å². The van der Waals surface area contributed by atoms with Crippen LogP contribution in [0.1, 0.15) is 26.0 Å². The highest BCUT2D eigenvalue weighted by Gasteiger charge is 2.16. The molecular formula is C14H20N2O. The molecule has 0 amide bonds. The van der Waals surface area contributed by atoms with Crippen LogP contribution in [0, 0.1) is 5.92 Å². The quantitative estimate of drug-likeness (QED) is 0.879. The molecule has 2 unspecified atom stereocenters. The van der Waals surface area contributed by atoms with E-state index in [0.29, 0.717) is 0 Å². The molecule has 3 heteroatoms. The van der Waals surface area contributed by atoms with Gasteiger partial charge in [-0.3, -0.25) is 4.68 Å². The number of fused-ring (bicyclic) bond motifs is 1. The SMILES string of the molecule is CCC(O)C(C)Cc1nn(C)c2ccccc12. The van der Waals surface area contributed by atoms with Crippen LogP contribution in [0.4, 0.5) is 0 Å². The Bertz CT molecular complexity index is 504. The molecule has 0 aliphatic heterocycles. The molecule has 0 saturated heterocycles. The number of aliphatic hydroxyl groups is 1. The number of aliphatic hydroxyl groups excluding tert-OH is 1. The summed E-state index contributed by atoms with van der Waals surface area (Å²) in [6, 6.07) is 8.24. The van der Waals surface area contributed by atoms with E-state index in [9.17, 15) is 5.11 Å². The summed E-state index contributed by atoms with van der Waals surface area (Å²) in [7, 11) is 1.97. The lowest BCUT2D eigenvalue weighted by molar-refractivity contribution is 0.112. The van der Waals surface area contributed by atoms with Crippen molar-refractivity contribution in [3.63, 3.8) is 0 Å². The maximum absolute atomic E-state index is 9.83. The standard InChI is InChI=1S/C14H20N2O/c1-4-14(17)10(2)9-12-11-7-5-6-8-13(11)16(3)15-12/h5-8,10,14,17H,4,9H2,1-3H3. The zero-order valence-corrected chi connectivity index (χ0v) is 10.7. The minimum absolute atomic E-state index is 0.240. The molecule has 92 valence electrons. The fraction of sp³-hybridized carbons (Fsp3) is 0.500. The molecule has 0 spiro atoms. The Morgan fingerprint density at radius 1 is 1.35 bits per heavy atom. The van der Waals surface area contributed by atoms with Gasteiger partial charge in [0, 0.05) is 12.4 Å². The van der Waals surface area contributed by atoms with E-state index >= 15 is 0 Å². The normalized spacial score (nSPS) is 15.1. The monoisotopic (exact) mass is 232 g/mol. The van der Waals surface area contributed by atoms with Gasteiger partial charge in [0.05, 0.1) is 17.3 Å². The predicted octanol–water partition coefficient (Wildman–Crippen LogP) is 2.52. The van der Waals surface area contributed by atoms with Gasteiger partial charge in [0.15, 0.2) is 0 Å². The van der Waals surface area contributed by atoms with E-state index in [0.717, 1.165) is 24.1 Å². The minimum Gasteiger partial charge on any atom is -0.393 e. The Morgan fingerprint density at radius 2 is 2.06 bits per heavy atom. The van der Waals surface area contributed by atoms with E-state index < -0.39 is 0 Å². The second kappa shape index (κ2) is 4.88. The van der Waals surface area contributed by atoms with Crippen molar-refractivity contribution in [2.75, 3.05) is 0 Å². The summed E-state index contributed by atoms with van der Waals surface area (Å²) in [6.07, 6.45) is 1.39. The minimum atomic E-state index is -0.240. The van der Waals surface area contributed by atoms with Gasteiger partial charge in [0.2, 0.25) is 0 Å². The predicted molar refractivity (Wildman–Crippen MR) is 69.9 cm³/mol. The first-order valence-electron chi connectivity index (χ1n) is 6.22. The van der Waals surface area contributed by atoms with E-state index in [-0.39, 0.29) is 12.0 Å². The van der Waals surface area contributed by atoms with E-state index in [1.54, 1.807) is 0 Å². The molecule has 1 aromatic heterocycles. The van der Waals surface area contributed by atoms with Crippen LogP contribution in [0.5, 0.6) is 0 Å². The zero-order chi connectivity index (χ0) is 12.4. The Balaban J connectivity index is 2.30. The highest BCUT2D eigenvalue weighted by molar-refractivity contribution is 5.81. The first kappa shape index (κ1) is 12.1. The van der Waals surface area contributed by atoms with Crippen LogP contribution >= 0.6 is 0 Å². The number of hydrogen-bond donors (Lipinski definition) is 1. The van der Waals surface area contributed by atoms with E-state index in [1.165, 1.54) is 5.39 Å². The Morgan fingerprint density at radius 3 is 2.76 bits per heavy atom. The van der Waals surface area contributed by atoms with Crippen LogP contribution in [-0.2, 0) is 13.5 Å². The van der Waals surface area contributed by atoms with Gasteiger partial charge in [-0.2, -0.15) is 5.10 Å². The number of hydrogen-bond acceptors (Lipinski definition) is 2. The molecule has 0 bridgehead atoms. The van der Waals surface area contributed by atoms with Gasteiger partial charge in [-0.1, -0.05) is 32.0 Å². The van der Waals surface area contributed by atoms with Gasteiger partial charge in [-0.15, -0.1) is 0 Å². The smallest absolute Gasteiger partial charge is 0.0706 e. The Labute approximate surface area is 102 Å². The third kappa shape index (κ3) is 2.34. The van der Waals surface area contributed by atoms with Gasteiger partial charge in [-0.05, 0) is 24.8 Å². The average Bonchev–Trinajstić information content (AvgIpc) is 2.66. The topological polar surface area (TPSA) is 38.1 Å². The van der Waals surface area contributed by atoms with Gasteiger partial charge in [-0.25, -0.2) is 0 Å². The molecule has 1 N–H and O–H groups in total. The first-order valence-corrected chi connectivity index (χ1v) is 6.22. The number of aryl methyl sites for hydroxylation is 1. The fourth-order valence-corrected chi connectivity index (χ4v) is 2.28. The van der Waals surface area contributed by atoms with Crippen molar-refractivity contribution in [2.45, 2.75) is 32.8 Å². The van der Waals surface area contributed by atoms with Crippen LogP contribution in [0.25, 0.3) is 10.9 Å². The lowest BCUT2D eigenvalue weighted by Gasteiger charge is -2.15. The molecule has 2 aromatic rings. The van der Waals surface area contributed by atoms with E-state index in [2.05, 4.69) is 24.2 Å². The number of para-hydroxylation sites is 1. The van der Waals surface area contributed by atoms with Crippen molar-refractivity contribution < 1.29 is 5.11 Å². The molecule has 2 atom stereocenters. The molecule has 0 fully saturated rings. The molecule has 1 aromatic carbocycles. The average molecular weight is 232 g/mol. The zero-order valence-electron chi connectivity index (χ0n) is 10.7. The molecule has 0 saturated carbocycles. The first-order chi connectivity index (χ1) is 8.13. The fourth-order valence-electron chi connectivity index (χ4n) is 2.28. The lowest BCUT2D eigenvalue weighted by atomic mass is 9.96. The van der Waals surface area contributed by atoms with Crippen molar-refractivity contribution in [3.8, 4) is 0 Å².